The molecule has 0 fully saturated rings. The van der Waals surface area contributed by atoms with E-state index >= 15 is 0 Å². The van der Waals surface area contributed by atoms with Gasteiger partial charge < -0.3 is 9.64 Å². The van der Waals surface area contributed by atoms with Gasteiger partial charge in [-0.2, -0.15) is 5.26 Å². The van der Waals surface area contributed by atoms with Crippen molar-refractivity contribution in [3.05, 3.63) is 29.6 Å². The van der Waals surface area contributed by atoms with E-state index in [1.54, 1.807) is 13.2 Å². The Morgan fingerprint density at radius 2 is 2.17 bits per heavy atom. The van der Waals surface area contributed by atoms with Crippen LogP contribution in [0.4, 0.5) is 4.39 Å². The van der Waals surface area contributed by atoms with Gasteiger partial charge in [-0.25, -0.2) is 4.39 Å². The van der Waals surface area contributed by atoms with Gasteiger partial charge >= 0.3 is 0 Å². The summed E-state index contributed by atoms with van der Waals surface area (Å²) in [6.45, 7) is 1.70. The topological polar surface area (TPSA) is 36.3 Å². The number of unbranched alkanes of at least 4 members (excludes halogenated alkanes) is 1. The van der Waals surface area contributed by atoms with Crippen molar-refractivity contribution in [1.82, 2.24) is 4.90 Å². The van der Waals surface area contributed by atoms with Crippen LogP contribution in [0.1, 0.15) is 18.4 Å². The number of ether oxygens (including phenoxy) is 1. The Hall–Kier alpha value is -1.60. The van der Waals surface area contributed by atoms with Crippen LogP contribution in [0.15, 0.2) is 18.2 Å². The van der Waals surface area contributed by atoms with Crippen LogP contribution < -0.4 is 4.74 Å². The van der Waals surface area contributed by atoms with E-state index in [2.05, 4.69) is 11.0 Å². The molecule has 0 aliphatic rings. The highest BCUT2D eigenvalue weighted by atomic mass is 19.1. The first-order valence-corrected chi connectivity index (χ1v) is 6.05. The van der Waals surface area contributed by atoms with Crippen molar-refractivity contribution in [2.75, 3.05) is 27.2 Å². The van der Waals surface area contributed by atoms with Gasteiger partial charge in [-0.3, -0.25) is 0 Å². The number of benzene rings is 1. The molecular weight excluding hydrogens is 231 g/mol. The third kappa shape index (κ3) is 4.72. The minimum absolute atomic E-state index is 0.238. The summed E-state index contributed by atoms with van der Waals surface area (Å²) in [5.74, 6) is 0.486. The number of methoxy groups -OCH3 is 1. The van der Waals surface area contributed by atoms with Gasteiger partial charge in [0, 0.05) is 13.0 Å². The van der Waals surface area contributed by atoms with Gasteiger partial charge in [0.25, 0.3) is 0 Å². The van der Waals surface area contributed by atoms with Crippen LogP contribution in [0.3, 0.4) is 0 Å². The van der Waals surface area contributed by atoms with Gasteiger partial charge in [0.2, 0.25) is 0 Å². The maximum absolute atomic E-state index is 13.2. The van der Waals surface area contributed by atoms with Gasteiger partial charge in [-0.1, -0.05) is 0 Å². The fourth-order valence-electron chi connectivity index (χ4n) is 1.79. The largest absolute Gasteiger partial charge is 0.496 e. The zero-order chi connectivity index (χ0) is 13.4. The number of hydrogen-bond acceptors (Lipinski definition) is 3. The van der Waals surface area contributed by atoms with Crippen LogP contribution in [-0.4, -0.2) is 32.1 Å². The molecule has 1 aromatic rings. The maximum atomic E-state index is 13.2. The molecule has 1 aromatic carbocycles. The Morgan fingerprint density at radius 1 is 1.39 bits per heavy atom. The van der Waals surface area contributed by atoms with Crippen molar-refractivity contribution in [2.24, 2.45) is 0 Å². The number of rotatable bonds is 7. The Labute approximate surface area is 108 Å². The van der Waals surface area contributed by atoms with E-state index in [1.165, 1.54) is 12.1 Å². The summed E-state index contributed by atoms with van der Waals surface area (Å²) in [4.78, 5) is 2.14. The van der Waals surface area contributed by atoms with Crippen molar-refractivity contribution in [2.45, 2.75) is 19.3 Å². The minimum Gasteiger partial charge on any atom is -0.496 e. The minimum atomic E-state index is -0.238. The molecule has 0 aliphatic carbocycles. The molecule has 18 heavy (non-hydrogen) atoms. The van der Waals surface area contributed by atoms with Crippen molar-refractivity contribution >= 4 is 0 Å². The fraction of sp³-hybridized carbons (Fsp3) is 0.500. The van der Waals surface area contributed by atoms with E-state index in [1.807, 2.05) is 7.05 Å². The predicted octanol–water partition coefficient (Wildman–Crippen LogP) is 2.61. The lowest BCUT2D eigenvalue weighted by molar-refractivity contribution is 0.331. The lowest BCUT2D eigenvalue weighted by Gasteiger charge is -2.16. The summed E-state index contributed by atoms with van der Waals surface area (Å²) >= 11 is 0. The highest BCUT2D eigenvalue weighted by Gasteiger charge is 2.06. The molecule has 0 spiro atoms. The molecule has 0 aliphatic heterocycles. The number of hydrogen-bond donors (Lipinski definition) is 0. The SMILES string of the molecule is COc1ccc(F)cc1CCN(C)CCCC#N. The average Bonchev–Trinajstić information content (AvgIpc) is 2.37. The molecule has 0 radical (unpaired) electrons. The molecule has 1 rings (SSSR count). The number of halogens is 1. The molecule has 4 heteroatoms. The van der Waals surface area contributed by atoms with Gasteiger partial charge in [0.15, 0.2) is 0 Å². The monoisotopic (exact) mass is 250 g/mol. The standard InChI is InChI=1S/C14H19FN2O/c1-17(9-4-3-8-16)10-7-12-11-13(15)5-6-14(12)18-2/h5-6,11H,3-4,7,9-10H2,1-2H3. The van der Waals surface area contributed by atoms with E-state index < -0.39 is 0 Å². The third-order valence-electron chi connectivity index (χ3n) is 2.83. The Morgan fingerprint density at radius 3 is 2.83 bits per heavy atom. The average molecular weight is 250 g/mol. The van der Waals surface area contributed by atoms with Gasteiger partial charge in [0.05, 0.1) is 13.2 Å². The number of nitriles is 1. The molecule has 3 nitrogen and oxygen atoms in total. The lowest BCUT2D eigenvalue weighted by atomic mass is 10.1. The zero-order valence-electron chi connectivity index (χ0n) is 10.9. The highest BCUT2D eigenvalue weighted by Crippen LogP contribution is 2.19. The fourth-order valence-corrected chi connectivity index (χ4v) is 1.79. The van der Waals surface area contributed by atoms with Gasteiger partial charge in [0.1, 0.15) is 11.6 Å². The molecule has 0 heterocycles. The zero-order valence-corrected chi connectivity index (χ0v) is 10.9. The molecule has 0 N–H and O–H groups in total. The summed E-state index contributed by atoms with van der Waals surface area (Å²) in [6, 6.07) is 6.70. The van der Waals surface area contributed by atoms with Crippen molar-refractivity contribution < 1.29 is 9.13 Å². The van der Waals surface area contributed by atoms with Crippen molar-refractivity contribution in [1.29, 1.82) is 5.26 Å². The van der Waals surface area contributed by atoms with E-state index in [0.717, 1.165) is 37.2 Å². The molecule has 98 valence electrons. The van der Waals surface area contributed by atoms with Crippen LogP contribution in [0.25, 0.3) is 0 Å². The number of likely N-dealkylation sites (N-methyl/N-ethyl adjacent to an activating group) is 1. The smallest absolute Gasteiger partial charge is 0.123 e. The molecule has 0 amide bonds. The van der Waals surface area contributed by atoms with Crippen LogP contribution in [0.2, 0.25) is 0 Å². The molecule has 0 unspecified atom stereocenters. The molecular formula is C14H19FN2O. The quantitative estimate of drug-likeness (QED) is 0.698. The van der Waals surface area contributed by atoms with Gasteiger partial charge in [-0.15, -0.1) is 0 Å². The number of nitrogens with zero attached hydrogens (tertiary/aromatic N) is 2. The second kappa shape index (κ2) is 7.67. The first-order valence-electron chi connectivity index (χ1n) is 6.05. The Balaban J connectivity index is 2.47. The molecule has 0 bridgehead atoms. The van der Waals surface area contributed by atoms with Crippen LogP contribution >= 0.6 is 0 Å². The molecule has 0 atom stereocenters. The summed E-state index contributed by atoms with van der Waals surface area (Å²) in [5.41, 5.74) is 0.879. The van der Waals surface area contributed by atoms with E-state index in [0.29, 0.717) is 6.42 Å². The summed E-state index contributed by atoms with van der Waals surface area (Å²) in [6.07, 6.45) is 2.19. The van der Waals surface area contributed by atoms with E-state index in [9.17, 15) is 4.39 Å². The Kier molecular flexibility index (Phi) is 6.16. The van der Waals surface area contributed by atoms with Crippen molar-refractivity contribution in [3.63, 3.8) is 0 Å². The van der Waals surface area contributed by atoms with Crippen LogP contribution in [0, 0.1) is 17.1 Å². The second-order valence-corrected chi connectivity index (χ2v) is 4.27. The Bertz CT molecular complexity index is 415. The van der Waals surface area contributed by atoms with Gasteiger partial charge in [-0.05, 0) is 50.2 Å². The summed E-state index contributed by atoms with van der Waals surface area (Å²) < 4.78 is 18.4. The lowest BCUT2D eigenvalue weighted by Crippen LogP contribution is -2.22. The van der Waals surface area contributed by atoms with Crippen LogP contribution in [-0.2, 0) is 6.42 Å². The second-order valence-electron chi connectivity index (χ2n) is 4.27. The summed E-state index contributed by atoms with van der Waals surface area (Å²) in [7, 11) is 3.59. The maximum Gasteiger partial charge on any atom is 0.123 e. The van der Waals surface area contributed by atoms with Crippen LogP contribution in [0.5, 0.6) is 5.75 Å². The highest BCUT2D eigenvalue weighted by molar-refractivity contribution is 5.34. The normalized spacial score (nSPS) is 10.4. The first kappa shape index (κ1) is 14.5. The van der Waals surface area contributed by atoms with E-state index in [-0.39, 0.29) is 5.82 Å². The molecule has 0 saturated heterocycles. The summed E-state index contributed by atoms with van der Waals surface area (Å²) in [5, 5.41) is 8.46. The molecule has 0 saturated carbocycles. The predicted molar refractivity (Wildman–Crippen MR) is 69.0 cm³/mol. The first-order chi connectivity index (χ1) is 8.67. The van der Waals surface area contributed by atoms with Crippen molar-refractivity contribution in [3.8, 4) is 11.8 Å². The molecule has 0 aromatic heterocycles. The van der Waals surface area contributed by atoms with E-state index in [4.69, 9.17) is 10.00 Å². The third-order valence-corrected chi connectivity index (χ3v) is 2.83.